The van der Waals surface area contributed by atoms with E-state index in [0.717, 1.165) is 36.1 Å². The number of hydrogen-bond acceptors (Lipinski definition) is 9. The molecule has 2 heterocycles. The van der Waals surface area contributed by atoms with Crippen LogP contribution >= 0.6 is 0 Å². The van der Waals surface area contributed by atoms with Gasteiger partial charge in [-0.2, -0.15) is 9.97 Å². The van der Waals surface area contributed by atoms with Crippen LogP contribution in [0.15, 0.2) is 30.3 Å². The molecule has 0 spiro atoms. The van der Waals surface area contributed by atoms with Gasteiger partial charge in [-0.25, -0.2) is 0 Å². The van der Waals surface area contributed by atoms with E-state index < -0.39 is 6.04 Å². The number of hydrogen-bond donors (Lipinski definition) is 2. The SMILES string of the molecule is CC[C@H](COC(=O)[C@@H](N)C(C)C)Nc1nc(N(C)c2ccccc2)c2c(n1)N(C(C)C)CN2C. The Balaban J connectivity index is 1.91. The molecule has 1 aromatic heterocycles. The van der Waals surface area contributed by atoms with Crippen molar-refractivity contribution in [3.05, 3.63) is 30.3 Å². The summed E-state index contributed by atoms with van der Waals surface area (Å²) in [6, 6.07) is 9.66. The summed E-state index contributed by atoms with van der Waals surface area (Å²) in [5.74, 6) is 1.85. The highest BCUT2D eigenvalue weighted by atomic mass is 16.5. The zero-order valence-corrected chi connectivity index (χ0v) is 21.4. The molecule has 0 fully saturated rings. The molecule has 0 saturated carbocycles. The lowest BCUT2D eigenvalue weighted by atomic mass is 10.1. The summed E-state index contributed by atoms with van der Waals surface area (Å²) in [7, 11) is 4.08. The number of para-hydroxylation sites is 1. The maximum Gasteiger partial charge on any atom is 0.323 e. The number of nitrogens with zero attached hydrogens (tertiary/aromatic N) is 5. The second kappa shape index (κ2) is 10.9. The van der Waals surface area contributed by atoms with Crippen LogP contribution in [0, 0.1) is 5.92 Å². The van der Waals surface area contributed by atoms with Crippen LogP contribution in [0.1, 0.15) is 41.0 Å². The first-order chi connectivity index (χ1) is 16.1. The monoisotopic (exact) mass is 469 g/mol. The quantitative estimate of drug-likeness (QED) is 0.506. The molecule has 3 N–H and O–H groups in total. The van der Waals surface area contributed by atoms with Crippen LogP contribution < -0.4 is 25.8 Å². The van der Waals surface area contributed by atoms with Crippen molar-refractivity contribution in [2.45, 2.75) is 59.2 Å². The topological polar surface area (TPSA) is 99.8 Å². The van der Waals surface area contributed by atoms with E-state index in [2.05, 4.69) is 53.0 Å². The second-order valence-electron chi connectivity index (χ2n) is 9.49. The summed E-state index contributed by atoms with van der Waals surface area (Å²) >= 11 is 0. The van der Waals surface area contributed by atoms with Crippen molar-refractivity contribution in [3.63, 3.8) is 0 Å². The number of ether oxygens (including phenoxy) is 1. The second-order valence-corrected chi connectivity index (χ2v) is 9.49. The Morgan fingerprint density at radius 3 is 2.47 bits per heavy atom. The van der Waals surface area contributed by atoms with Crippen molar-refractivity contribution in [2.75, 3.05) is 47.4 Å². The van der Waals surface area contributed by atoms with Crippen molar-refractivity contribution in [1.29, 1.82) is 0 Å². The molecule has 1 aliphatic heterocycles. The molecule has 1 aliphatic rings. The lowest BCUT2D eigenvalue weighted by molar-refractivity contribution is -0.146. The minimum Gasteiger partial charge on any atom is -0.462 e. The standard InChI is InChI=1S/C25H39N7O2/c1-8-18(14-34-24(33)20(26)16(2)3)27-25-28-22(31(7)19-12-10-9-11-13-19)21-23(29-25)32(17(4)5)15-30(21)6/h9-13,16-18,20H,8,14-15,26H2,1-7H3,(H,27,28,29)/t18-,20+/m1/s1. The number of fused-ring (bicyclic) bond motifs is 1. The molecular weight excluding hydrogens is 430 g/mol. The van der Waals surface area contributed by atoms with Gasteiger partial charge in [-0.3, -0.25) is 4.79 Å². The minimum absolute atomic E-state index is 0.0238. The summed E-state index contributed by atoms with van der Waals surface area (Å²) in [6.07, 6.45) is 0.738. The fourth-order valence-electron chi connectivity index (χ4n) is 3.81. The molecule has 2 aromatic rings. The molecular formula is C25H39N7O2. The van der Waals surface area contributed by atoms with E-state index in [4.69, 9.17) is 20.4 Å². The Bertz CT molecular complexity index is 967. The van der Waals surface area contributed by atoms with Crippen LogP contribution in [0.5, 0.6) is 0 Å². The molecule has 0 amide bonds. The van der Waals surface area contributed by atoms with Gasteiger partial charge in [0.1, 0.15) is 18.3 Å². The molecule has 186 valence electrons. The fourth-order valence-corrected chi connectivity index (χ4v) is 3.81. The van der Waals surface area contributed by atoms with Gasteiger partial charge in [-0.15, -0.1) is 0 Å². The number of benzene rings is 1. The lowest BCUT2D eigenvalue weighted by Crippen LogP contribution is -2.39. The van der Waals surface area contributed by atoms with Gasteiger partial charge < -0.3 is 30.5 Å². The van der Waals surface area contributed by atoms with E-state index in [1.54, 1.807) is 0 Å². The number of esters is 1. The molecule has 0 bridgehead atoms. The zero-order valence-electron chi connectivity index (χ0n) is 21.4. The van der Waals surface area contributed by atoms with E-state index in [0.29, 0.717) is 5.95 Å². The summed E-state index contributed by atoms with van der Waals surface area (Å²) in [4.78, 5) is 28.6. The van der Waals surface area contributed by atoms with Gasteiger partial charge in [0, 0.05) is 25.8 Å². The Labute approximate surface area is 203 Å². The van der Waals surface area contributed by atoms with Gasteiger partial charge in [0.2, 0.25) is 5.95 Å². The molecule has 9 heteroatoms. The maximum atomic E-state index is 12.2. The lowest BCUT2D eigenvalue weighted by Gasteiger charge is -2.25. The molecule has 9 nitrogen and oxygen atoms in total. The normalized spacial score (nSPS) is 14.9. The summed E-state index contributed by atoms with van der Waals surface area (Å²) in [5, 5.41) is 3.39. The molecule has 3 rings (SSSR count). The number of carbonyl (C=O) groups excluding carboxylic acids is 1. The smallest absolute Gasteiger partial charge is 0.323 e. The van der Waals surface area contributed by atoms with Crippen LogP contribution in [0.4, 0.5) is 29.0 Å². The first-order valence-electron chi connectivity index (χ1n) is 12.0. The highest BCUT2D eigenvalue weighted by Gasteiger charge is 2.33. The molecule has 34 heavy (non-hydrogen) atoms. The third-order valence-corrected chi connectivity index (χ3v) is 6.19. The van der Waals surface area contributed by atoms with Crippen LogP contribution in [0.2, 0.25) is 0 Å². The van der Waals surface area contributed by atoms with E-state index in [-0.39, 0.29) is 30.6 Å². The Morgan fingerprint density at radius 2 is 1.88 bits per heavy atom. The summed E-state index contributed by atoms with van der Waals surface area (Å²) in [5.41, 5.74) is 7.96. The number of anilines is 5. The number of nitrogens with one attached hydrogen (secondary N) is 1. The number of rotatable bonds is 10. The predicted octanol–water partition coefficient (Wildman–Crippen LogP) is 3.58. The highest BCUT2D eigenvalue weighted by Crippen LogP contribution is 2.43. The first kappa shape index (κ1) is 25.6. The largest absolute Gasteiger partial charge is 0.462 e. The minimum atomic E-state index is -0.630. The van der Waals surface area contributed by atoms with Crippen molar-refractivity contribution in [2.24, 2.45) is 11.7 Å². The third kappa shape index (κ3) is 5.52. The Morgan fingerprint density at radius 1 is 1.21 bits per heavy atom. The van der Waals surface area contributed by atoms with E-state index in [1.807, 2.05) is 46.0 Å². The number of carbonyl (C=O) groups is 1. The van der Waals surface area contributed by atoms with Gasteiger partial charge >= 0.3 is 5.97 Å². The molecule has 0 saturated heterocycles. The van der Waals surface area contributed by atoms with Crippen molar-refractivity contribution in [1.82, 2.24) is 9.97 Å². The first-order valence-corrected chi connectivity index (χ1v) is 12.0. The average molecular weight is 470 g/mol. The van der Waals surface area contributed by atoms with Crippen molar-refractivity contribution < 1.29 is 9.53 Å². The number of aromatic nitrogens is 2. The van der Waals surface area contributed by atoms with Gasteiger partial charge in [-0.1, -0.05) is 39.0 Å². The Hall–Kier alpha value is -3.07. The highest BCUT2D eigenvalue weighted by molar-refractivity contribution is 5.87. The molecule has 2 atom stereocenters. The predicted molar refractivity (Wildman–Crippen MR) is 139 cm³/mol. The van der Waals surface area contributed by atoms with Crippen molar-refractivity contribution in [3.8, 4) is 0 Å². The van der Waals surface area contributed by atoms with Gasteiger partial charge in [0.15, 0.2) is 11.6 Å². The van der Waals surface area contributed by atoms with Crippen LogP contribution in [0.25, 0.3) is 0 Å². The molecule has 0 aliphatic carbocycles. The number of nitrogens with two attached hydrogens (primary N) is 1. The Kier molecular flexibility index (Phi) is 8.19. The van der Waals surface area contributed by atoms with Crippen LogP contribution in [-0.2, 0) is 9.53 Å². The maximum absolute atomic E-state index is 12.2. The zero-order chi connectivity index (χ0) is 25.0. The van der Waals surface area contributed by atoms with E-state index in [1.165, 1.54) is 0 Å². The van der Waals surface area contributed by atoms with E-state index >= 15 is 0 Å². The van der Waals surface area contributed by atoms with Crippen LogP contribution in [-0.4, -0.2) is 61.4 Å². The summed E-state index contributed by atoms with van der Waals surface area (Å²) in [6.45, 7) is 11.1. The average Bonchev–Trinajstić information content (AvgIpc) is 3.17. The third-order valence-electron chi connectivity index (χ3n) is 6.19. The summed E-state index contributed by atoms with van der Waals surface area (Å²) < 4.78 is 5.50. The molecule has 0 unspecified atom stereocenters. The van der Waals surface area contributed by atoms with E-state index in [9.17, 15) is 4.79 Å². The van der Waals surface area contributed by atoms with Gasteiger partial charge in [0.25, 0.3) is 0 Å². The molecule has 0 radical (unpaired) electrons. The fraction of sp³-hybridized carbons (Fsp3) is 0.560. The van der Waals surface area contributed by atoms with Crippen molar-refractivity contribution >= 4 is 34.9 Å². The van der Waals surface area contributed by atoms with Crippen LogP contribution in [0.3, 0.4) is 0 Å². The van der Waals surface area contributed by atoms with Gasteiger partial charge in [-0.05, 0) is 38.3 Å². The van der Waals surface area contributed by atoms with Gasteiger partial charge in [0.05, 0.1) is 12.7 Å². The molecule has 1 aromatic carbocycles.